The third-order valence-electron chi connectivity index (χ3n) is 3.48. The zero-order valence-corrected chi connectivity index (χ0v) is 14.5. The minimum atomic E-state index is -3.97. The molecule has 8 heteroatoms. The summed E-state index contributed by atoms with van der Waals surface area (Å²) >= 11 is 0. The maximum absolute atomic E-state index is 12.5. The number of hydrogen-bond acceptors (Lipinski definition) is 5. The van der Waals surface area contributed by atoms with Gasteiger partial charge in [-0.05, 0) is 36.8 Å². The zero-order valence-electron chi connectivity index (χ0n) is 13.7. The summed E-state index contributed by atoms with van der Waals surface area (Å²) in [4.78, 5) is 10.9. The standard InChI is InChI=1S/C17H20N2O5S/c1-2-3-9-18-16-11-13(20)7-8-15(16)19-25(23,24)14-6-4-5-12(10-14)17(21)22/h4-8,10-11,18-20H,2-3,9H2,1H3,(H,21,22). The lowest BCUT2D eigenvalue weighted by Crippen LogP contribution is -2.15. The van der Waals surface area contributed by atoms with Crippen molar-refractivity contribution in [3.8, 4) is 5.75 Å². The summed E-state index contributed by atoms with van der Waals surface area (Å²) in [5.41, 5.74) is 0.607. The molecule has 0 aliphatic carbocycles. The summed E-state index contributed by atoms with van der Waals surface area (Å²) in [7, 11) is -3.97. The Morgan fingerprint density at radius 3 is 2.56 bits per heavy atom. The molecule has 0 amide bonds. The van der Waals surface area contributed by atoms with Crippen molar-refractivity contribution in [3.63, 3.8) is 0 Å². The molecule has 0 saturated heterocycles. The van der Waals surface area contributed by atoms with E-state index in [1.54, 1.807) is 0 Å². The molecule has 2 aromatic carbocycles. The first-order chi connectivity index (χ1) is 11.8. The van der Waals surface area contributed by atoms with E-state index in [4.69, 9.17) is 5.11 Å². The van der Waals surface area contributed by atoms with Crippen LogP contribution in [0.4, 0.5) is 11.4 Å². The molecule has 0 radical (unpaired) electrons. The van der Waals surface area contributed by atoms with Gasteiger partial charge >= 0.3 is 5.97 Å². The average Bonchev–Trinajstić information content (AvgIpc) is 2.57. The molecule has 0 atom stereocenters. The number of phenols is 1. The lowest BCUT2D eigenvalue weighted by molar-refractivity contribution is 0.0696. The fourth-order valence-electron chi connectivity index (χ4n) is 2.17. The number of hydrogen-bond donors (Lipinski definition) is 4. The van der Waals surface area contributed by atoms with Gasteiger partial charge in [0.15, 0.2) is 0 Å². The van der Waals surface area contributed by atoms with E-state index in [-0.39, 0.29) is 21.9 Å². The number of anilines is 2. The van der Waals surface area contributed by atoms with E-state index in [1.165, 1.54) is 36.4 Å². The number of benzene rings is 2. The second-order valence-electron chi connectivity index (χ2n) is 5.45. The van der Waals surface area contributed by atoms with Gasteiger partial charge in [-0.2, -0.15) is 0 Å². The summed E-state index contributed by atoms with van der Waals surface area (Å²) in [6, 6.07) is 9.35. The Balaban J connectivity index is 2.31. The van der Waals surface area contributed by atoms with E-state index in [2.05, 4.69) is 10.0 Å². The van der Waals surface area contributed by atoms with Gasteiger partial charge in [-0.3, -0.25) is 4.72 Å². The molecule has 2 rings (SSSR count). The highest BCUT2D eigenvalue weighted by atomic mass is 32.2. The van der Waals surface area contributed by atoms with E-state index in [9.17, 15) is 18.3 Å². The Morgan fingerprint density at radius 1 is 1.12 bits per heavy atom. The van der Waals surface area contributed by atoms with Crippen LogP contribution < -0.4 is 10.0 Å². The minimum Gasteiger partial charge on any atom is -0.508 e. The molecule has 0 aliphatic heterocycles. The van der Waals surface area contributed by atoms with Crippen molar-refractivity contribution in [1.29, 1.82) is 0 Å². The molecular weight excluding hydrogens is 344 g/mol. The van der Waals surface area contributed by atoms with Crippen LogP contribution in [0.1, 0.15) is 30.1 Å². The van der Waals surface area contributed by atoms with Gasteiger partial charge in [0.25, 0.3) is 10.0 Å². The first kappa shape index (κ1) is 18.6. The third-order valence-corrected chi connectivity index (χ3v) is 4.85. The SMILES string of the molecule is CCCCNc1cc(O)ccc1NS(=O)(=O)c1cccc(C(=O)O)c1. The Labute approximate surface area is 146 Å². The molecule has 0 aromatic heterocycles. The van der Waals surface area contributed by atoms with E-state index >= 15 is 0 Å². The highest BCUT2D eigenvalue weighted by molar-refractivity contribution is 7.92. The quantitative estimate of drug-likeness (QED) is 0.422. The highest BCUT2D eigenvalue weighted by Gasteiger charge is 2.18. The van der Waals surface area contributed by atoms with Crippen molar-refractivity contribution >= 4 is 27.4 Å². The normalized spacial score (nSPS) is 11.1. The molecule has 7 nitrogen and oxygen atoms in total. The smallest absolute Gasteiger partial charge is 0.335 e. The molecule has 25 heavy (non-hydrogen) atoms. The van der Waals surface area contributed by atoms with E-state index in [0.29, 0.717) is 12.2 Å². The van der Waals surface area contributed by atoms with Gasteiger partial charge in [-0.25, -0.2) is 13.2 Å². The molecule has 134 valence electrons. The van der Waals surface area contributed by atoms with Crippen LogP contribution in [-0.2, 0) is 10.0 Å². The predicted octanol–water partition coefficient (Wildman–Crippen LogP) is 3.10. The van der Waals surface area contributed by atoms with Crippen LogP contribution in [0.15, 0.2) is 47.4 Å². The number of carboxylic acid groups (broad SMARTS) is 1. The van der Waals surface area contributed by atoms with Crippen molar-refractivity contribution in [2.24, 2.45) is 0 Å². The van der Waals surface area contributed by atoms with Gasteiger partial charge in [-0.15, -0.1) is 0 Å². The Morgan fingerprint density at radius 2 is 1.88 bits per heavy atom. The number of aromatic hydroxyl groups is 1. The molecule has 0 aliphatic rings. The van der Waals surface area contributed by atoms with Gasteiger partial charge in [0.05, 0.1) is 21.8 Å². The van der Waals surface area contributed by atoms with Crippen molar-refractivity contribution < 1.29 is 23.4 Å². The maximum atomic E-state index is 12.5. The molecule has 0 spiro atoms. The van der Waals surface area contributed by atoms with Crippen molar-refractivity contribution in [1.82, 2.24) is 0 Å². The fraction of sp³-hybridized carbons (Fsp3) is 0.235. The Hall–Kier alpha value is -2.74. The number of carbonyl (C=O) groups is 1. The number of sulfonamides is 1. The molecule has 0 heterocycles. The van der Waals surface area contributed by atoms with Gasteiger partial charge < -0.3 is 15.5 Å². The molecule has 2 aromatic rings. The summed E-state index contributed by atoms with van der Waals surface area (Å²) < 4.78 is 27.5. The number of rotatable bonds is 8. The van der Waals surface area contributed by atoms with Crippen LogP contribution in [0.5, 0.6) is 5.75 Å². The Kier molecular flexibility index (Phi) is 5.87. The van der Waals surface area contributed by atoms with E-state index in [0.717, 1.165) is 18.9 Å². The zero-order chi connectivity index (χ0) is 18.4. The molecule has 0 bridgehead atoms. The second-order valence-corrected chi connectivity index (χ2v) is 7.13. The number of carboxylic acids is 1. The fourth-order valence-corrected chi connectivity index (χ4v) is 3.29. The minimum absolute atomic E-state index is 0.00909. The summed E-state index contributed by atoms with van der Waals surface area (Å²) in [6.07, 6.45) is 1.86. The van der Waals surface area contributed by atoms with Crippen molar-refractivity contribution in [2.45, 2.75) is 24.7 Å². The van der Waals surface area contributed by atoms with Gasteiger partial charge in [0.2, 0.25) is 0 Å². The topological polar surface area (TPSA) is 116 Å². The highest BCUT2D eigenvalue weighted by Crippen LogP contribution is 2.28. The van der Waals surface area contributed by atoms with Gasteiger partial charge in [0.1, 0.15) is 5.75 Å². The van der Waals surface area contributed by atoms with Crippen molar-refractivity contribution in [2.75, 3.05) is 16.6 Å². The van der Waals surface area contributed by atoms with Crippen LogP contribution in [-0.4, -0.2) is 31.1 Å². The van der Waals surface area contributed by atoms with E-state index < -0.39 is 16.0 Å². The van der Waals surface area contributed by atoms with E-state index in [1.807, 2.05) is 6.92 Å². The summed E-state index contributed by atoms with van der Waals surface area (Å²) in [6.45, 7) is 2.66. The largest absolute Gasteiger partial charge is 0.508 e. The summed E-state index contributed by atoms with van der Waals surface area (Å²) in [5.74, 6) is -1.20. The average molecular weight is 364 g/mol. The molecule has 4 N–H and O–H groups in total. The monoisotopic (exact) mass is 364 g/mol. The molecule has 0 fully saturated rings. The molecule has 0 unspecified atom stereocenters. The lowest BCUT2D eigenvalue weighted by Gasteiger charge is -2.15. The molecular formula is C17H20N2O5S. The lowest BCUT2D eigenvalue weighted by atomic mass is 10.2. The number of aromatic carboxylic acids is 1. The van der Waals surface area contributed by atoms with Crippen LogP contribution in [0.3, 0.4) is 0 Å². The number of phenolic OH excluding ortho intramolecular Hbond substituents is 1. The molecule has 0 saturated carbocycles. The van der Waals surface area contributed by atoms with Crippen LogP contribution >= 0.6 is 0 Å². The van der Waals surface area contributed by atoms with Gasteiger partial charge in [-0.1, -0.05) is 19.4 Å². The summed E-state index contributed by atoms with van der Waals surface area (Å²) in [5, 5.41) is 21.7. The number of unbranched alkanes of at least 4 members (excludes halogenated alkanes) is 1. The van der Waals surface area contributed by atoms with Crippen LogP contribution in [0, 0.1) is 0 Å². The third kappa shape index (κ3) is 4.87. The van der Waals surface area contributed by atoms with Crippen LogP contribution in [0.25, 0.3) is 0 Å². The number of nitrogens with one attached hydrogen (secondary N) is 2. The first-order valence-electron chi connectivity index (χ1n) is 7.76. The maximum Gasteiger partial charge on any atom is 0.335 e. The van der Waals surface area contributed by atoms with Crippen molar-refractivity contribution in [3.05, 3.63) is 48.0 Å². The first-order valence-corrected chi connectivity index (χ1v) is 9.25. The predicted molar refractivity (Wildman–Crippen MR) is 95.7 cm³/mol. The Bertz CT molecular complexity index is 865. The van der Waals surface area contributed by atoms with Crippen LogP contribution in [0.2, 0.25) is 0 Å². The van der Waals surface area contributed by atoms with Gasteiger partial charge in [0, 0.05) is 12.6 Å². The second kappa shape index (κ2) is 7.89.